The van der Waals surface area contributed by atoms with Crippen molar-refractivity contribution in [1.29, 1.82) is 0 Å². The second-order valence-corrected chi connectivity index (χ2v) is 11.9. The number of sulfone groups is 1. The van der Waals surface area contributed by atoms with Gasteiger partial charge >= 0.3 is 0 Å². The van der Waals surface area contributed by atoms with Crippen molar-refractivity contribution in [1.82, 2.24) is 24.9 Å². The summed E-state index contributed by atoms with van der Waals surface area (Å²) in [6.07, 6.45) is 1.65. The van der Waals surface area contributed by atoms with Crippen molar-refractivity contribution in [3.05, 3.63) is 40.7 Å². The molecule has 200 valence electrons. The highest BCUT2D eigenvalue weighted by molar-refractivity contribution is 7.91. The van der Waals surface area contributed by atoms with Crippen LogP contribution in [0.1, 0.15) is 43.0 Å². The lowest BCUT2D eigenvalue weighted by Crippen LogP contribution is -2.51. The van der Waals surface area contributed by atoms with Gasteiger partial charge in [0.1, 0.15) is 9.84 Å². The molecule has 15 heteroatoms. The Morgan fingerprint density at radius 2 is 1.95 bits per heavy atom. The molecule has 37 heavy (non-hydrogen) atoms. The molecule has 3 aromatic rings. The lowest BCUT2D eigenvalue weighted by Gasteiger charge is -2.33. The molecule has 4 rings (SSSR count). The van der Waals surface area contributed by atoms with Gasteiger partial charge in [0, 0.05) is 30.8 Å². The maximum Gasteiger partial charge on any atom is 0.291 e. The maximum atomic E-state index is 14.9. The molecular weight excluding hydrogens is 539 g/mol. The van der Waals surface area contributed by atoms with E-state index in [1.54, 1.807) is 6.92 Å². The molecule has 0 bridgehead atoms. The van der Waals surface area contributed by atoms with E-state index in [2.05, 4.69) is 20.4 Å². The number of aromatic nitrogens is 4. The van der Waals surface area contributed by atoms with E-state index in [4.69, 9.17) is 21.1 Å². The molecule has 0 saturated carbocycles. The summed E-state index contributed by atoms with van der Waals surface area (Å²) in [5, 5.41) is 6.94. The number of rotatable bonds is 7. The van der Waals surface area contributed by atoms with E-state index in [9.17, 15) is 26.4 Å². The molecule has 1 amide bonds. The van der Waals surface area contributed by atoms with E-state index in [0.717, 1.165) is 10.6 Å². The van der Waals surface area contributed by atoms with Crippen molar-refractivity contribution in [2.45, 2.75) is 45.1 Å². The Hall–Kier alpha value is -3.13. The fraction of sp³-hybridized carbons (Fsp3) is 0.455. The Labute approximate surface area is 215 Å². The van der Waals surface area contributed by atoms with E-state index in [0.29, 0.717) is 6.92 Å². The Kier molecular flexibility index (Phi) is 7.01. The molecule has 0 spiro atoms. The van der Waals surface area contributed by atoms with E-state index < -0.39 is 39.6 Å². The average molecular weight is 562 g/mol. The van der Waals surface area contributed by atoms with Crippen LogP contribution in [0.25, 0.3) is 5.65 Å². The number of carbonyl (C=O) groups excluding carboxylic acids is 1. The van der Waals surface area contributed by atoms with Crippen LogP contribution in [0.15, 0.2) is 18.3 Å². The van der Waals surface area contributed by atoms with E-state index in [1.165, 1.54) is 19.2 Å². The molecule has 0 aliphatic carbocycles. The van der Waals surface area contributed by atoms with Crippen LogP contribution in [0.4, 0.5) is 13.2 Å². The first kappa shape index (κ1) is 26.9. The minimum absolute atomic E-state index is 0.0584. The summed E-state index contributed by atoms with van der Waals surface area (Å²) in [5.74, 6) is -5.66. The minimum Gasteiger partial charge on any atom is -0.482 e. The van der Waals surface area contributed by atoms with Crippen LogP contribution < -0.4 is 14.8 Å². The zero-order chi connectivity index (χ0) is 27.2. The number of amides is 1. The molecule has 0 atom stereocenters. The van der Waals surface area contributed by atoms with Crippen LogP contribution >= 0.6 is 11.6 Å². The third-order valence-electron chi connectivity index (χ3n) is 5.77. The molecule has 0 radical (unpaired) electrons. The number of aryl methyl sites for hydroxylation is 1. The highest BCUT2D eigenvalue weighted by atomic mass is 35.5. The first-order chi connectivity index (χ1) is 17.1. The number of pyridine rings is 2. The van der Waals surface area contributed by atoms with Gasteiger partial charge in [0.25, 0.3) is 17.7 Å². The Bertz CT molecular complexity index is 1460. The Morgan fingerprint density at radius 1 is 1.27 bits per heavy atom. The van der Waals surface area contributed by atoms with Crippen molar-refractivity contribution >= 4 is 33.0 Å². The minimum atomic E-state index is -3.14. The van der Waals surface area contributed by atoms with Gasteiger partial charge in [-0.15, -0.1) is 5.10 Å². The zero-order valence-corrected chi connectivity index (χ0v) is 21.6. The maximum absolute atomic E-state index is 14.9. The number of hydrogen-bond donors (Lipinski definition) is 1. The second kappa shape index (κ2) is 9.63. The van der Waals surface area contributed by atoms with Gasteiger partial charge in [0.15, 0.2) is 29.6 Å². The van der Waals surface area contributed by atoms with Gasteiger partial charge in [-0.2, -0.15) is 4.98 Å². The van der Waals surface area contributed by atoms with Gasteiger partial charge in [-0.3, -0.25) is 4.79 Å². The number of halogens is 4. The molecule has 1 aliphatic rings. The largest absolute Gasteiger partial charge is 0.482 e. The van der Waals surface area contributed by atoms with Crippen molar-refractivity contribution in [2.75, 3.05) is 18.1 Å². The number of alkyl halides is 2. The summed E-state index contributed by atoms with van der Waals surface area (Å²) in [6.45, 7) is 2.94. The summed E-state index contributed by atoms with van der Waals surface area (Å²) in [5.41, 5.74) is -0.813. The van der Waals surface area contributed by atoms with Crippen LogP contribution in [-0.2, 0) is 9.84 Å². The SMILES string of the molecule is Cc1c(Oc2ncc(Cl)cc2OCC(C)(F)F)cc(F)c2nc(C(=O)NC3(C)CCS(=O)(=O)CC3)nn12. The number of nitrogens with zero attached hydrogens (tertiary/aromatic N) is 4. The third kappa shape index (κ3) is 6.24. The van der Waals surface area contributed by atoms with Crippen LogP contribution in [0.3, 0.4) is 0 Å². The van der Waals surface area contributed by atoms with Crippen LogP contribution in [0, 0.1) is 12.7 Å². The number of fused-ring (bicyclic) bond motifs is 1. The highest BCUT2D eigenvalue weighted by Crippen LogP contribution is 2.34. The van der Waals surface area contributed by atoms with Crippen LogP contribution in [0.5, 0.6) is 17.4 Å². The summed E-state index contributed by atoms with van der Waals surface area (Å²) in [7, 11) is -3.14. The predicted octanol–water partition coefficient (Wildman–Crippen LogP) is 3.75. The van der Waals surface area contributed by atoms with E-state index in [1.807, 2.05) is 0 Å². The molecule has 0 unspecified atom stereocenters. The number of nitrogens with one attached hydrogen (secondary N) is 1. The van der Waals surface area contributed by atoms with Crippen molar-refractivity contribution in [3.8, 4) is 17.4 Å². The van der Waals surface area contributed by atoms with Gasteiger partial charge in [0.05, 0.1) is 22.2 Å². The normalized spacial score (nSPS) is 16.9. The molecule has 10 nitrogen and oxygen atoms in total. The number of carbonyl (C=O) groups is 1. The molecule has 0 aromatic carbocycles. The summed E-state index contributed by atoms with van der Waals surface area (Å²) in [4.78, 5) is 20.7. The van der Waals surface area contributed by atoms with Crippen LogP contribution in [0.2, 0.25) is 5.02 Å². The fourth-order valence-corrected chi connectivity index (χ4v) is 5.50. The van der Waals surface area contributed by atoms with Gasteiger partial charge in [-0.25, -0.2) is 31.1 Å². The smallest absolute Gasteiger partial charge is 0.291 e. The number of ether oxygens (including phenoxy) is 2. The first-order valence-corrected chi connectivity index (χ1v) is 13.3. The van der Waals surface area contributed by atoms with Gasteiger partial charge in [-0.1, -0.05) is 11.6 Å². The van der Waals surface area contributed by atoms with E-state index >= 15 is 0 Å². The summed E-state index contributed by atoms with van der Waals surface area (Å²) >= 11 is 5.89. The molecule has 3 aromatic heterocycles. The quantitative estimate of drug-likeness (QED) is 0.462. The standard InChI is InChI=1S/C22H23ClF3N5O5S/c1-12-15(36-20-16(8-13(23)10-27-20)35-11-22(3,25)26)9-14(24)18-28-17(30-31(12)18)19(32)29-21(2)4-6-37(33,34)7-5-21/h8-10H,4-7,11H2,1-3H3,(H,29,32). The van der Waals surface area contributed by atoms with E-state index in [-0.39, 0.29) is 63.9 Å². The highest BCUT2D eigenvalue weighted by Gasteiger charge is 2.35. The molecular formula is C22H23ClF3N5O5S. The topological polar surface area (TPSA) is 125 Å². The Morgan fingerprint density at radius 3 is 2.59 bits per heavy atom. The van der Waals surface area contributed by atoms with Gasteiger partial charge in [-0.05, 0) is 26.7 Å². The number of hydrogen-bond acceptors (Lipinski definition) is 8. The average Bonchev–Trinajstić information content (AvgIpc) is 3.26. The molecule has 1 saturated heterocycles. The molecule has 1 fully saturated rings. The summed E-state index contributed by atoms with van der Waals surface area (Å²) < 4.78 is 76.7. The molecule has 1 aliphatic heterocycles. The third-order valence-corrected chi connectivity index (χ3v) is 7.63. The second-order valence-electron chi connectivity index (χ2n) is 9.20. The van der Waals surface area contributed by atoms with Crippen molar-refractivity contribution in [3.63, 3.8) is 0 Å². The lowest BCUT2D eigenvalue weighted by atomic mass is 9.95. The lowest BCUT2D eigenvalue weighted by molar-refractivity contribution is -0.0235. The predicted molar refractivity (Wildman–Crippen MR) is 127 cm³/mol. The fourth-order valence-electron chi connectivity index (χ4n) is 3.63. The first-order valence-electron chi connectivity index (χ1n) is 11.1. The van der Waals surface area contributed by atoms with Crippen molar-refractivity contribution < 1.29 is 35.9 Å². The van der Waals surface area contributed by atoms with Gasteiger partial charge < -0.3 is 14.8 Å². The van der Waals surface area contributed by atoms with Crippen LogP contribution in [-0.4, -0.2) is 63.5 Å². The summed E-state index contributed by atoms with van der Waals surface area (Å²) in [6, 6.07) is 2.22. The molecule has 1 N–H and O–H groups in total. The zero-order valence-electron chi connectivity index (χ0n) is 20.0. The Balaban J connectivity index is 1.60. The monoisotopic (exact) mass is 561 g/mol. The molecule has 4 heterocycles. The van der Waals surface area contributed by atoms with Crippen molar-refractivity contribution in [2.24, 2.45) is 0 Å². The van der Waals surface area contributed by atoms with Gasteiger partial charge in [0.2, 0.25) is 5.82 Å².